The van der Waals surface area contributed by atoms with Gasteiger partial charge in [0.05, 0.1) is 36.6 Å². The first kappa shape index (κ1) is 30.0. The average molecular weight is 616 g/mol. The van der Waals surface area contributed by atoms with Crippen LogP contribution in [0, 0.1) is 0 Å². The molecule has 224 valence electrons. The number of carbonyl (C=O) groups excluding carboxylic acids is 3. The van der Waals surface area contributed by atoms with Crippen LogP contribution in [0.1, 0.15) is 33.5 Å². The summed E-state index contributed by atoms with van der Waals surface area (Å²) in [5, 5.41) is 6.59. The zero-order chi connectivity index (χ0) is 29.7. The molecule has 2 aromatic carbocycles. The second kappa shape index (κ2) is 13.3. The van der Waals surface area contributed by atoms with Crippen molar-refractivity contribution in [1.82, 2.24) is 25.2 Å². The monoisotopic (exact) mass is 615 g/mol. The molecule has 1 saturated heterocycles. The average Bonchev–Trinajstić information content (AvgIpc) is 3.71. The van der Waals surface area contributed by atoms with Crippen LogP contribution in [-0.2, 0) is 29.1 Å². The highest BCUT2D eigenvalue weighted by molar-refractivity contribution is 7.90. The number of aromatic nitrogens is 1. The summed E-state index contributed by atoms with van der Waals surface area (Å²) in [4.78, 5) is 42.4. The second-order valence-electron chi connectivity index (χ2n) is 10.1. The first-order valence-corrected chi connectivity index (χ1v) is 16.0. The number of methoxy groups -OCH3 is 1. The number of hydrogen-bond acceptors (Lipinski definition) is 9. The second-order valence-corrected chi connectivity index (χ2v) is 13.1. The molecule has 2 heterocycles. The van der Waals surface area contributed by atoms with Crippen molar-refractivity contribution in [3.05, 3.63) is 53.0 Å². The molecule has 42 heavy (non-hydrogen) atoms. The zero-order valence-corrected chi connectivity index (χ0v) is 24.8. The Morgan fingerprint density at radius 1 is 1.07 bits per heavy atom. The summed E-state index contributed by atoms with van der Waals surface area (Å²) >= 11 is 1.12. The van der Waals surface area contributed by atoms with E-state index in [0.717, 1.165) is 35.3 Å². The summed E-state index contributed by atoms with van der Waals surface area (Å²) in [5.41, 5.74) is 2.77. The maximum Gasteiger partial charge on any atom is 0.251 e. The van der Waals surface area contributed by atoms with Gasteiger partial charge in [0.25, 0.3) is 5.91 Å². The number of nitrogens with one attached hydrogen (secondary N) is 3. The van der Waals surface area contributed by atoms with Gasteiger partial charge >= 0.3 is 0 Å². The van der Waals surface area contributed by atoms with Crippen molar-refractivity contribution in [2.75, 3.05) is 53.1 Å². The third-order valence-corrected chi connectivity index (χ3v) is 10.3. The molecule has 1 saturated carbocycles. The van der Waals surface area contributed by atoms with Gasteiger partial charge in [0, 0.05) is 38.3 Å². The number of fused-ring (bicyclic) bond motifs is 1. The van der Waals surface area contributed by atoms with Crippen LogP contribution in [0.4, 0.5) is 0 Å². The first-order valence-electron chi connectivity index (χ1n) is 13.7. The van der Waals surface area contributed by atoms with Gasteiger partial charge in [0.1, 0.15) is 5.01 Å². The Balaban J connectivity index is 1.39. The van der Waals surface area contributed by atoms with Gasteiger partial charge in [-0.05, 0) is 48.2 Å². The number of rotatable bonds is 12. The highest BCUT2D eigenvalue weighted by Gasteiger charge is 2.42. The molecule has 1 atom stereocenters. The van der Waals surface area contributed by atoms with Crippen LogP contribution in [0.3, 0.4) is 0 Å². The Morgan fingerprint density at radius 2 is 1.79 bits per heavy atom. The number of thiazole rings is 1. The van der Waals surface area contributed by atoms with Crippen molar-refractivity contribution in [3.63, 3.8) is 0 Å². The lowest BCUT2D eigenvalue weighted by molar-refractivity contribution is -0.126. The van der Waals surface area contributed by atoms with Crippen LogP contribution in [-0.4, -0.2) is 94.6 Å². The molecule has 1 aliphatic heterocycles. The Labute approximate surface area is 247 Å². The third-order valence-electron chi connectivity index (χ3n) is 6.93. The first-order chi connectivity index (χ1) is 20.3. The minimum atomic E-state index is -4.15. The van der Waals surface area contributed by atoms with Gasteiger partial charge in [0.2, 0.25) is 27.1 Å². The lowest BCUT2D eigenvalue weighted by atomic mass is 10.0. The molecule has 1 aliphatic carbocycles. The van der Waals surface area contributed by atoms with Crippen LogP contribution in [0.2, 0.25) is 0 Å². The Kier molecular flexibility index (Phi) is 9.48. The number of nitrogens with zero attached hydrogens (tertiary/aromatic N) is 2. The lowest BCUT2D eigenvalue weighted by Gasteiger charge is -2.29. The molecule has 2 fully saturated rings. The molecule has 14 heteroatoms. The predicted molar refractivity (Wildman–Crippen MR) is 157 cm³/mol. The predicted octanol–water partition coefficient (Wildman–Crippen LogP) is 1.44. The molecule has 3 N–H and O–H groups in total. The molecule has 0 spiro atoms. The molecule has 12 nitrogen and oxygen atoms in total. The molecule has 2 aliphatic rings. The van der Waals surface area contributed by atoms with Crippen LogP contribution in [0.15, 0.2) is 42.5 Å². The van der Waals surface area contributed by atoms with Crippen LogP contribution in [0.5, 0.6) is 0 Å². The van der Waals surface area contributed by atoms with Crippen molar-refractivity contribution in [1.29, 1.82) is 0 Å². The highest BCUT2D eigenvalue weighted by Crippen LogP contribution is 2.35. The quantitative estimate of drug-likeness (QED) is 0.259. The van der Waals surface area contributed by atoms with E-state index in [1.54, 1.807) is 25.3 Å². The summed E-state index contributed by atoms with van der Waals surface area (Å²) in [7, 11) is -2.59. The SMILES string of the molecule is COCCNC(=O)c1ccc(-c2ccc3nc(C(C(=O)NCC(=O)NC4CC4)S(=O)(=O)N4CCOCC4)sc3c2)cc1. The molecule has 5 rings (SSSR count). The van der Waals surface area contributed by atoms with E-state index in [2.05, 4.69) is 20.9 Å². The van der Waals surface area contributed by atoms with Gasteiger partial charge in [-0.15, -0.1) is 11.3 Å². The topological polar surface area (TPSA) is 156 Å². The van der Waals surface area contributed by atoms with E-state index < -0.39 is 21.2 Å². The number of benzene rings is 2. The summed E-state index contributed by atoms with van der Waals surface area (Å²) < 4.78 is 39.7. The van der Waals surface area contributed by atoms with E-state index >= 15 is 0 Å². The highest BCUT2D eigenvalue weighted by atomic mass is 32.2. The van der Waals surface area contributed by atoms with Crippen molar-refractivity contribution in [2.24, 2.45) is 0 Å². The molecular formula is C28H33N5O7S2. The van der Waals surface area contributed by atoms with Crippen LogP contribution < -0.4 is 16.0 Å². The van der Waals surface area contributed by atoms with E-state index in [1.807, 2.05) is 24.3 Å². The van der Waals surface area contributed by atoms with Gasteiger partial charge in [-0.1, -0.05) is 18.2 Å². The van der Waals surface area contributed by atoms with Gasteiger partial charge in [-0.2, -0.15) is 4.31 Å². The van der Waals surface area contributed by atoms with Crippen molar-refractivity contribution in [3.8, 4) is 11.1 Å². The molecule has 0 radical (unpaired) electrons. The number of carbonyl (C=O) groups is 3. The van der Waals surface area contributed by atoms with Crippen molar-refractivity contribution < 1.29 is 32.3 Å². The van der Waals surface area contributed by atoms with Gasteiger partial charge < -0.3 is 25.4 Å². The van der Waals surface area contributed by atoms with Gasteiger partial charge in [-0.3, -0.25) is 14.4 Å². The Bertz CT molecular complexity index is 1550. The maximum absolute atomic E-state index is 13.7. The summed E-state index contributed by atoms with van der Waals surface area (Å²) in [6.45, 7) is 1.23. The smallest absolute Gasteiger partial charge is 0.251 e. The Hall–Kier alpha value is -3.43. The number of ether oxygens (including phenoxy) is 2. The fourth-order valence-electron chi connectivity index (χ4n) is 4.51. The fourth-order valence-corrected chi connectivity index (χ4v) is 7.62. The largest absolute Gasteiger partial charge is 0.383 e. The summed E-state index contributed by atoms with van der Waals surface area (Å²) in [6, 6.07) is 12.8. The summed E-state index contributed by atoms with van der Waals surface area (Å²) in [6.07, 6.45) is 1.80. The van der Waals surface area contributed by atoms with E-state index in [4.69, 9.17) is 9.47 Å². The van der Waals surface area contributed by atoms with E-state index in [9.17, 15) is 22.8 Å². The van der Waals surface area contributed by atoms with Crippen LogP contribution >= 0.6 is 11.3 Å². The minimum Gasteiger partial charge on any atom is -0.383 e. The normalized spacial score (nSPS) is 16.6. The zero-order valence-electron chi connectivity index (χ0n) is 23.1. The van der Waals surface area contributed by atoms with E-state index in [1.165, 1.54) is 4.31 Å². The Morgan fingerprint density at radius 3 is 2.48 bits per heavy atom. The lowest BCUT2D eigenvalue weighted by Crippen LogP contribution is -2.47. The number of hydrogen-bond donors (Lipinski definition) is 3. The van der Waals surface area contributed by atoms with Gasteiger partial charge in [0.15, 0.2) is 0 Å². The molecule has 3 amide bonds. The molecule has 1 unspecified atom stereocenters. The van der Waals surface area contributed by atoms with Gasteiger partial charge in [-0.25, -0.2) is 13.4 Å². The standard InChI is InChI=1S/C28H33N5O7S2/c1-39-13-10-29-26(35)19-4-2-18(3-5-19)20-6-9-22-23(16-20)41-28(32-22)25(42(37,38)33-11-14-40-15-12-33)27(36)30-17-24(34)31-21-7-8-21/h2-6,9,16,21,25H,7-8,10-15,17H2,1H3,(H,29,35)(H,30,36)(H,31,34). The van der Waals surface area contributed by atoms with E-state index in [-0.39, 0.29) is 55.7 Å². The fraction of sp³-hybridized carbons (Fsp3) is 0.429. The number of amides is 3. The third kappa shape index (κ3) is 7.13. The number of sulfonamides is 1. The van der Waals surface area contributed by atoms with E-state index in [0.29, 0.717) is 28.9 Å². The number of morpholine rings is 1. The maximum atomic E-state index is 13.7. The molecule has 1 aromatic heterocycles. The van der Waals surface area contributed by atoms with Crippen molar-refractivity contribution in [2.45, 2.75) is 24.1 Å². The van der Waals surface area contributed by atoms with Crippen LogP contribution in [0.25, 0.3) is 21.3 Å². The minimum absolute atomic E-state index is 0.120. The van der Waals surface area contributed by atoms with Crippen molar-refractivity contribution >= 4 is 49.3 Å². The summed E-state index contributed by atoms with van der Waals surface area (Å²) in [5.74, 6) is -1.36. The molecule has 0 bridgehead atoms. The molecule has 3 aromatic rings. The molecular weight excluding hydrogens is 582 g/mol.